The molecule has 1 aromatic rings. The first kappa shape index (κ1) is 16.5. The highest BCUT2D eigenvalue weighted by atomic mass is 32.2. The molecule has 5 heteroatoms. The van der Waals surface area contributed by atoms with Gasteiger partial charge >= 0.3 is 0 Å². The average molecular weight is 310 g/mol. The molecule has 2 N–H and O–H groups in total. The van der Waals surface area contributed by atoms with Gasteiger partial charge in [0.25, 0.3) is 0 Å². The van der Waals surface area contributed by atoms with E-state index in [-0.39, 0.29) is 12.0 Å². The van der Waals surface area contributed by atoms with Crippen molar-refractivity contribution in [2.75, 3.05) is 13.1 Å². The van der Waals surface area contributed by atoms with E-state index in [9.17, 15) is 8.42 Å². The summed E-state index contributed by atoms with van der Waals surface area (Å²) in [4.78, 5) is 0.363. The lowest BCUT2D eigenvalue weighted by Gasteiger charge is -2.38. The Hall–Kier alpha value is -0.910. The highest BCUT2D eigenvalue weighted by Crippen LogP contribution is 2.35. The van der Waals surface area contributed by atoms with Gasteiger partial charge in [-0.2, -0.15) is 4.31 Å². The van der Waals surface area contributed by atoms with Crippen LogP contribution in [0.1, 0.15) is 39.2 Å². The van der Waals surface area contributed by atoms with Crippen molar-refractivity contribution < 1.29 is 8.42 Å². The molecule has 0 atom stereocenters. The first-order chi connectivity index (χ1) is 9.76. The summed E-state index contributed by atoms with van der Waals surface area (Å²) < 4.78 is 27.2. The molecule has 0 unspecified atom stereocenters. The molecule has 1 aliphatic heterocycles. The van der Waals surface area contributed by atoms with Crippen LogP contribution in [0.25, 0.3) is 0 Å². The summed E-state index contributed by atoms with van der Waals surface area (Å²) in [6.45, 7) is 8.13. The van der Waals surface area contributed by atoms with Crippen LogP contribution < -0.4 is 5.73 Å². The van der Waals surface area contributed by atoms with Gasteiger partial charge in [0.2, 0.25) is 10.0 Å². The fraction of sp³-hybridized carbons (Fsp3) is 0.625. The van der Waals surface area contributed by atoms with Crippen molar-refractivity contribution in [2.45, 2.75) is 45.1 Å². The van der Waals surface area contributed by atoms with Crippen molar-refractivity contribution in [3.8, 4) is 0 Å². The van der Waals surface area contributed by atoms with Crippen LogP contribution in [-0.4, -0.2) is 25.8 Å². The molecule has 0 aliphatic carbocycles. The Bertz CT molecular complexity index is 583. The number of sulfonamides is 1. The van der Waals surface area contributed by atoms with E-state index < -0.39 is 10.0 Å². The van der Waals surface area contributed by atoms with Gasteiger partial charge in [-0.3, -0.25) is 0 Å². The molecule has 0 saturated carbocycles. The van der Waals surface area contributed by atoms with Gasteiger partial charge in [-0.1, -0.05) is 39.0 Å². The summed E-state index contributed by atoms with van der Waals surface area (Å²) in [6.07, 6.45) is 1.85. The maximum absolute atomic E-state index is 12.8. The predicted octanol–water partition coefficient (Wildman–Crippen LogP) is 2.59. The topological polar surface area (TPSA) is 63.4 Å². The van der Waals surface area contributed by atoms with E-state index in [1.54, 1.807) is 22.5 Å². The van der Waals surface area contributed by atoms with Crippen molar-refractivity contribution >= 4 is 10.0 Å². The van der Waals surface area contributed by atoms with Crippen molar-refractivity contribution in [1.29, 1.82) is 0 Å². The largest absolute Gasteiger partial charge is 0.326 e. The van der Waals surface area contributed by atoms with Crippen LogP contribution in [0, 0.1) is 11.3 Å². The van der Waals surface area contributed by atoms with Crippen molar-refractivity contribution in [1.82, 2.24) is 4.31 Å². The summed E-state index contributed by atoms with van der Waals surface area (Å²) in [7, 11) is -3.42. The third-order valence-electron chi connectivity index (χ3n) is 4.49. The van der Waals surface area contributed by atoms with E-state index in [1.165, 1.54) is 0 Å². The van der Waals surface area contributed by atoms with E-state index >= 15 is 0 Å². The van der Waals surface area contributed by atoms with Crippen LogP contribution in [0.3, 0.4) is 0 Å². The second-order valence-corrected chi connectivity index (χ2v) is 8.76. The zero-order chi connectivity index (χ0) is 15.7. The van der Waals surface area contributed by atoms with Crippen LogP contribution in [0.2, 0.25) is 0 Å². The molecule has 1 saturated heterocycles. The Morgan fingerprint density at radius 1 is 1.19 bits per heavy atom. The Morgan fingerprint density at radius 3 is 2.29 bits per heavy atom. The molecular weight excluding hydrogens is 284 g/mol. The maximum Gasteiger partial charge on any atom is 0.243 e. The van der Waals surface area contributed by atoms with Gasteiger partial charge in [0.15, 0.2) is 0 Å². The number of hydrogen-bond acceptors (Lipinski definition) is 3. The van der Waals surface area contributed by atoms with E-state index in [2.05, 4.69) is 20.8 Å². The molecule has 0 radical (unpaired) electrons. The molecule has 1 aromatic carbocycles. The molecule has 0 amide bonds. The molecule has 21 heavy (non-hydrogen) atoms. The van der Waals surface area contributed by atoms with Gasteiger partial charge in [-0.15, -0.1) is 0 Å². The smallest absolute Gasteiger partial charge is 0.243 e. The zero-order valence-electron chi connectivity index (χ0n) is 13.2. The Morgan fingerprint density at radius 2 is 1.76 bits per heavy atom. The minimum absolute atomic E-state index is 0.241. The van der Waals surface area contributed by atoms with E-state index in [0.717, 1.165) is 12.8 Å². The molecule has 4 nitrogen and oxygen atoms in total. The fourth-order valence-corrected chi connectivity index (χ4v) is 4.73. The molecule has 1 aliphatic rings. The second-order valence-electron chi connectivity index (χ2n) is 6.86. The number of nitrogens with zero attached hydrogens (tertiary/aromatic N) is 1. The quantitative estimate of drug-likeness (QED) is 0.933. The molecule has 0 spiro atoms. The first-order valence-electron chi connectivity index (χ1n) is 7.55. The van der Waals surface area contributed by atoms with Crippen molar-refractivity contribution in [3.63, 3.8) is 0 Å². The summed E-state index contributed by atoms with van der Waals surface area (Å²) in [5, 5.41) is 0. The van der Waals surface area contributed by atoms with Gasteiger partial charge in [0, 0.05) is 19.6 Å². The van der Waals surface area contributed by atoms with Gasteiger partial charge < -0.3 is 5.73 Å². The minimum Gasteiger partial charge on any atom is -0.326 e. The highest BCUT2D eigenvalue weighted by molar-refractivity contribution is 7.89. The van der Waals surface area contributed by atoms with Crippen molar-refractivity contribution in [2.24, 2.45) is 17.1 Å². The number of hydrogen-bond donors (Lipinski definition) is 1. The standard InChI is InChI=1S/C16H26N2O2S/c1-16(2,3)14-8-10-18(11-9-14)21(19,20)15-7-5-4-6-13(15)12-17/h4-7,14H,8-12,17H2,1-3H3. The van der Waals surface area contributed by atoms with Crippen LogP contribution in [0.4, 0.5) is 0 Å². The third-order valence-corrected chi connectivity index (χ3v) is 6.49. The number of nitrogens with two attached hydrogens (primary N) is 1. The van der Waals surface area contributed by atoms with E-state index in [0.29, 0.717) is 29.5 Å². The summed E-state index contributed by atoms with van der Waals surface area (Å²) in [5.74, 6) is 0.578. The minimum atomic E-state index is -3.42. The molecule has 118 valence electrons. The van der Waals surface area contributed by atoms with Gasteiger partial charge in [-0.05, 0) is 35.8 Å². The monoisotopic (exact) mass is 310 g/mol. The Labute approximate surface area is 128 Å². The molecule has 0 bridgehead atoms. The normalized spacial score (nSPS) is 18.9. The molecule has 0 aromatic heterocycles. The van der Waals surface area contributed by atoms with Crippen LogP contribution in [0.5, 0.6) is 0 Å². The number of rotatable bonds is 3. The summed E-state index contributed by atoms with van der Waals surface area (Å²) in [5.41, 5.74) is 6.60. The average Bonchev–Trinajstić information content (AvgIpc) is 2.46. The fourth-order valence-electron chi connectivity index (χ4n) is 3.03. The molecule has 2 rings (SSSR count). The SMILES string of the molecule is CC(C)(C)C1CCN(S(=O)(=O)c2ccccc2CN)CC1. The lowest BCUT2D eigenvalue weighted by molar-refractivity contribution is 0.154. The number of piperidine rings is 1. The third kappa shape index (κ3) is 3.47. The predicted molar refractivity (Wildman–Crippen MR) is 85.3 cm³/mol. The molecule has 1 heterocycles. The Balaban J connectivity index is 2.19. The van der Waals surface area contributed by atoms with Crippen LogP contribution >= 0.6 is 0 Å². The second kappa shape index (κ2) is 6.07. The lowest BCUT2D eigenvalue weighted by Crippen LogP contribution is -2.41. The van der Waals surface area contributed by atoms with Crippen molar-refractivity contribution in [3.05, 3.63) is 29.8 Å². The van der Waals surface area contributed by atoms with Gasteiger partial charge in [-0.25, -0.2) is 8.42 Å². The molecule has 1 fully saturated rings. The Kier molecular flexibility index (Phi) is 4.76. The highest BCUT2D eigenvalue weighted by Gasteiger charge is 2.34. The van der Waals surface area contributed by atoms with E-state index in [1.807, 2.05) is 6.07 Å². The van der Waals surface area contributed by atoms with E-state index in [4.69, 9.17) is 5.73 Å². The van der Waals surface area contributed by atoms with Gasteiger partial charge in [0.05, 0.1) is 4.90 Å². The van der Waals surface area contributed by atoms with Crippen LogP contribution in [-0.2, 0) is 16.6 Å². The maximum atomic E-state index is 12.8. The zero-order valence-corrected chi connectivity index (χ0v) is 14.0. The summed E-state index contributed by atoms with van der Waals surface area (Å²) >= 11 is 0. The lowest BCUT2D eigenvalue weighted by atomic mass is 9.76. The van der Waals surface area contributed by atoms with Crippen LogP contribution in [0.15, 0.2) is 29.2 Å². The summed E-state index contributed by atoms with van der Waals surface area (Å²) in [6, 6.07) is 7.03. The molecular formula is C16H26N2O2S. The van der Waals surface area contributed by atoms with Gasteiger partial charge in [0.1, 0.15) is 0 Å². The number of benzene rings is 1. The first-order valence-corrected chi connectivity index (χ1v) is 8.99.